The van der Waals surface area contributed by atoms with Crippen molar-refractivity contribution in [3.63, 3.8) is 0 Å². The van der Waals surface area contributed by atoms with Crippen molar-refractivity contribution in [1.29, 1.82) is 0 Å². The summed E-state index contributed by atoms with van der Waals surface area (Å²) in [6.07, 6.45) is 6.60. The molecule has 2 aromatic rings. The first-order valence-corrected chi connectivity index (χ1v) is 11.1. The third-order valence-electron chi connectivity index (χ3n) is 4.69. The zero-order valence-electron chi connectivity index (χ0n) is 16.9. The van der Waals surface area contributed by atoms with Crippen LogP contribution < -0.4 is 5.32 Å². The van der Waals surface area contributed by atoms with E-state index >= 15 is 0 Å². The number of nitrogens with zero attached hydrogens (tertiary/aromatic N) is 5. The molecule has 2 aliphatic rings. The van der Waals surface area contributed by atoms with Crippen LogP contribution in [0.2, 0.25) is 0 Å². The number of anilines is 1. The van der Waals surface area contributed by atoms with Gasteiger partial charge in [0.25, 0.3) is 15.9 Å². The van der Waals surface area contributed by atoms with Gasteiger partial charge in [-0.05, 0) is 24.3 Å². The lowest BCUT2D eigenvalue weighted by Gasteiger charge is -2.28. The Morgan fingerprint density at radius 2 is 2.03 bits per heavy atom. The van der Waals surface area contributed by atoms with Gasteiger partial charge in [-0.15, -0.1) is 4.40 Å². The van der Waals surface area contributed by atoms with Crippen LogP contribution in [0.5, 0.6) is 0 Å². The molecule has 0 aliphatic carbocycles. The lowest BCUT2D eigenvalue weighted by molar-refractivity contribution is -0.112. The van der Waals surface area contributed by atoms with E-state index in [2.05, 4.69) is 19.8 Å². The third-order valence-corrected chi connectivity index (χ3v) is 5.84. The minimum absolute atomic E-state index is 0.0862. The normalized spacial score (nSPS) is 17.8. The van der Waals surface area contributed by atoms with E-state index in [1.165, 1.54) is 0 Å². The second-order valence-corrected chi connectivity index (χ2v) is 9.79. The number of pyridine rings is 1. The molecule has 0 unspecified atom stereocenters. The van der Waals surface area contributed by atoms with Crippen LogP contribution in [0.3, 0.4) is 0 Å². The van der Waals surface area contributed by atoms with E-state index in [-0.39, 0.29) is 29.1 Å². The van der Waals surface area contributed by atoms with E-state index in [4.69, 9.17) is 0 Å². The van der Waals surface area contributed by atoms with E-state index in [0.717, 1.165) is 5.69 Å². The number of amides is 1. The number of nitrogens with one attached hydrogen (secondary N) is 1. The highest BCUT2D eigenvalue weighted by Crippen LogP contribution is 2.26. The summed E-state index contributed by atoms with van der Waals surface area (Å²) in [6.45, 7) is 6.33. The fourth-order valence-corrected chi connectivity index (χ4v) is 4.05. The zero-order valence-corrected chi connectivity index (χ0v) is 17.7. The fraction of sp³-hybridized carbons (Fsp3) is 0.300. The topological polar surface area (TPSA) is 110 Å². The summed E-state index contributed by atoms with van der Waals surface area (Å²) in [5.74, 6) is 0.556. The van der Waals surface area contributed by atoms with Crippen molar-refractivity contribution in [1.82, 2.24) is 19.7 Å². The molecule has 4 rings (SSSR count). The molecule has 0 bridgehead atoms. The Morgan fingerprint density at radius 1 is 1.23 bits per heavy atom. The first-order valence-electron chi connectivity index (χ1n) is 9.45. The molecule has 0 atom stereocenters. The van der Waals surface area contributed by atoms with Crippen LogP contribution in [0.1, 0.15) is 26.5 Å². The van der Waals surface area contributed by atoms with E-state index < -0.39 is 15.9 Å². The van der Waals surface area contributed by atoms with Crippen LogP contribution in [-0.4, -0.2) is 52.1 Å². The third kappa shape index (κ3) is 3.90. The molecule has 0 spiro atoms. The van der Waals surface area contributed by atoms with Gasteiger partial charge in [0.15, 0.2) is 11.7 Å². The fourth-order valence-electron chi connectivity index (χ4n) is 3.07. The van der Waals surface area contributed by atoms with Gasteiger partial charge in [0.05, 0.1) is 17.0 Å². The van der Waals surface area contributed by atoms with E-state index in [0.29, 0.717) is 11.6 Å². The first kappa shape index (κ1) is 20.0. The zero-order chi connectivity index (χ0) is 21.5. The Kier molecular flexibility index (Phi) is 4.81. The molecule has 4 heterocycles. The first-order chi connectivity index (χ1) is 14.1. The number of allylic oxidation sites excluding steroid dienone is 2. The van der Waals surface area contributed by atoms with Gasteiger partial charge >= 0.3 is 0 Å². The Hall–Kier alpha value is -3.27. The van der Waals surface area contributed by atoms with Crippen LogP contribution >= 0.6 is 0 Å². The maximum Gasteiger partial charge on any atom is 0.260 e. The number of rotatable bonds is 3. The molecule has 1 N–H and O–H groups in total. The van der Waals surface area contributed by atoms with Crippen LogP contribution in [0, 0.1) is 0 Å². The number of hydrogen-bond donors (Lipinski definition) is 1. The Balaban J connectivity index is 1.71. The lowest BCUT2D eigenvalue weighted by Crippen LogP contribution is -2.41. The minimum atomic E-state index is -3.59. The van der Waals surface area contributed by atoms with Crippen molar-refractivity contribution < 1.29 is 13.2 Å². The number of hydrogen-bond acceptors (Lipinski definition) is 6. The summed E-state index contributed by atoms with van der Waals surface area (Å²) >= 11 is 0. The highest BCUT2D eigenvalue weighted by Gasteiger charge is 2.31. The molecule has 30 heavy (non-hydrogen) atoms. The summed E-state index contributed by atoms with van der Waals surface area (Å²) in [4.78, 5) is 19.1. The van der Waals surface area contributed by atoms with Gasteiger partial charge in [0.1, 0.15) is 5.82 Å². The van der Waals surface area contributed by atoms with Gasteiger partial charge in [-0.25, -0.2) is 13.4 Å². The van der Waals surface area contributed by atoms with Gasteiger partial charge in [0.2, 0.25) is 0 Å². The second kappa shape index (κ2) is 7.21. The highest BCUT2D eigenvalue weighted by molar-refractivity contribution is 7.90. The van der Waals surface area contributed by atoms with Crippen LogP contribution in [0.25, 0.3) is 5.82 Å². The number of fused-ring (bicyclic) bond motifs is 1. The number of amidine groups is 1. The molecule has 0 saturated heterocycles. The predicted octanol–water partition coefficient (Wildman–Crippen LogP) is 2.00. The molecular formula is C20H22N6O3S. The molecule has 1 amide bonds. The standard InChI is InChI=1S/C20H22N6O3S/c1-20(2,3)15-13-17(26(23-15)16-8-4-5-9-21-16)22-19(27)14-7-6-10-25-11-12-30(28,29)24-18(14)25/h4-10,13H,11-12H2,1-3H3,(H,22,27). The molecule has 0 fully saturated rings. The summed E-state index contributed by atoms with van der Waals surface area (Å²) in [5.41, 5.74) is 0.706. The molecule has 9 nitrogen and oxygen atoms in total. The van der Waals surface area contributed by atoms with Gasteiger partial charge < -0.3 is 10.2 Å². The van der Waals surface area contributed by atoms with Crippen molar-refractivity contribution in [3.8, 4) is 5.82 Å². The summed E-state index contributed by atoms with van der Waals surface area (Å²) in [5, 5.41) is 7.47. The summed E-state index contributed by atoms with van der Waals surface area (Å²) < 4.78 is 29.3. The van der Waals surface area contributed by atoms with Crippen molar-refractivity contribution >= 4 is 27.6 Å². The molecule has 2 aliphatic heterocycles. The van der Waals surface area contributed by atoms with Gasteiger partial charge in [0, 0.05) is 30.4 Å². The Morgan fingerprint density at radius 3 is 2.73 bits per heavy atom. The van der Waals surface area contributed by atoms with Gasteiger partial charge in [-0.3, -0.25) is 4.79 Å². The van der Waals surface area contributed by atoms with Gasteiger partial charge in [-0.2, -0.15) is 9.78 Å². The van der Waals surface area contributed by atoms with E-state index in [1.807, 2.05) is 26.8 Å². The maximum absolute atomic E-state index is 13.1. The van der Waals surface area contributed by atoms with Crippen LogP contribution in [0.15, 0.2) is 58.8 Å². The van der Waals surface area contributed by atoms with E-state index in [9.17, 15) is 13.2 Å². The molecule has 0 radical (unpaired) electrons. The Bertz CT molecular complexity index is 1190. The SMILES string of the molecule is CC(C)(C)c1cc(NC(=O)C2=CC=CN3CCS(=O)(=O)N=C23)n(-c2ccccn2)n1. The Labute approximate surface area is 174 Å². The largest absolute Gasteiger partial charge is 0.331 e. The van der Waals surface area contributed by atoms with Crippen molar-refractivity contribution in [2.75, 3.05) is 17.6 Å². The summed E-state index contributed by atoms with van der Waals surface area (Å²) in [6, 6.07) is 7.21. The smallest absolute Gasteiger partial charge is 0.260 e. The van der Waals surface area contributed by atoms with Crippen LogP contribution in [0.4, 0.5) is 5.82 Å². The molecule has 0 aromatic carbocycles. The maximum atomic E-state index is 13.1. The lowest BCUT2D eigenvalue weighted by atomic mass is 9.92. The average molecular weight is 427 g/mol. The number of carbonyl (C=O) groups excluding carboxylic acids is 1. The quantitative estimate of drug-likeness (QED) is 0.804. The monoisotopic (exact) mass is 426 g/mol. The molecule has 0 saturated carbocycles. The molecule has 10 heteroatoms. The predicted molar refractivity (Wildman–Crippen MR) is 114 cm³/mol. The minimum Gasteiger partial charge on any atom is -0.331 e. The van der Waals surface area contributed by atoms with Crippen molar-refractivity contribution in [3.05, 3.63) is 60.1 Å². The van der Waals surface area contributed by atoms with E-state index in [1.54, 1.807) is 52.3 Å². The van der Waals surface area contributed by atoms with Crippen molar-refractivity contribution in [2.24, 2.45) is 4.40 Å². The number of carbonyl (C=O) groups is 1. The van der Waals surface area contributed by atoms with Gasteiger partial charge in [-0.1, -0.05) is 26.8 Å². The molecule has 156 valence electrons. The van der Waals surface area contributed by atoms with Crippen LogP contribution in [-0.2, 0) is 20.2 Å². The molecular weight excluding hydrogens is 404 g/mol. The number of sulfonamides is 1. The molecule has 2 aromatic heterocycles. The average Bonchev–Trinajstić information content (AvgIpc) is 3.11. The summed E-state index contributed by atoms with van der Waals surface area (Å²) in [7, 11) is -3.59. The van der Waals surface area contributed by atoms with Crippen molar-refractivity contribution in [2.45, 2.75) is 26.2 Å². The highest BCUT2D eigenvalue weighted by atomic mass is 32.2. The second-order valence-electron chi connectivity index (χ2n) is 8.03. The number of aromatic nitrogens is 3.